The Morgan fingerprint density at radius 2 is 2.06 bits per heavy atom. The van der Waals surface area contributed by atoms with Gasteiger partial charge >= 0.3 is 0 Å². The second kappa shape index (κ2) is 4.62. The molecular formula is C11H11Cl2NO2. The fraction of sp³-hybridized carbons (Fsp3) is 0.364. The van der Waals surface area contributed by atoms with Gasteiger partial charge in [0.1, 0.15) is 0 Å². The van der Waals surface area contributed by atoms with Crippen LogP contribution >= 0.6 is 23.2 Å². The lowest BCUT2D eigenvalue weighted by Crippen LogP contribution is -2.46. The molecule has 1 fully saturated rings. The maximum atomic E-state index is 11.8. The number of aliphatic hydroxyl groups excluding tert-OH is 1. The van der Waals surface area contributed by atoms with E-state index in [0.29, 0.717) is 28.5 Å². The Kier molecular flexibility index (Phi) is 3.38. The van der Waals surface area contributed by atoms with Gasteiger partial charge < -0.3 is 10.4 Å². The highest BCUT2D eigenvalue weighted by Crippen LogP contribution is 2.23. The van der Waals surface area contributed by atoms with Crippen molar-refractivity contribution in [3.8, 4) is 0 Å². The van der Waals surface area contributed by atoms with Crippen LogP contribution < -0.4 is 5.32 Å². The Balaban J connectivity index is 2.05. The number of benzene rings is 1. The number of nitrogens with one attached hydrogen (secondary N) is 1. The van der Waals surface area contributed by atoms with Crippen LogP contribution in [0.1, 0.15) is 23.2 Å². The Hall–Kier alpha value is -0.770. The van der Waals surface area contributed by atoms with Gasteiger partial charge in [-0.2, -0.15) is 0 Å². The van der Waals surface area contributed by atoms with E-state index in [1.165, 1.54) is 6.07 Å². The standard InChI is InChI=1S/C11H11Cl2NO2/c12-6-1-2-10(13)9(3-6)11(16)14-7-4-8(15)5-7/h1-3,7-8,15H,4-5H2,(H,14,16). The molecule has 0 saturated heterocycles. The summed E-state index contributed by atoms with van der Waals surface area (Å²) in [7, 11) is 0. The molecule has 0 aromatic heterocycles. The molecule has 1 aromatic carbocycles. The molecule has 0 atom stereocenters. The zero-order chi connectivity index (χ0) is 11.7. The molecule has 2 rings (SSSR count). The van der Waals surface area contributed by atoms with Crippen LogP contribution in [-0.2, 0) is 0 Å². The number of halogens is 2. The predicted octanol–water partition coefficient (Wildman–Crippen LogP) is 2.25. The number of carbonyl (C=O) groups is 1. The second-order valence-corrected chi connectivity index (χ2v) is 4.76. The van der Waals surface area contributed by atoms with Crippen molar-refractivity contribution >= 4 is 29.1 Å². The maximum absolute atomic E-state index is 11.8. The van der Waals surface area contributed by atoms with Gasteiger partial charge in [-0.3, -0.25) is 4.79 Å². The molecule has 1 aromatic rings. The predicted molar refractivity (Wildman–Crippen MR) is 63.0 cm³/mol. The Labute approximate surface area is 103 Å². The van der Waals surface area contributed by atoms with E-state index >= 15 is 0 Å². The minimum Gasteiger partial charge on any atom is -0.393 e. The van der Waals surface area contributed by atoms with Crippen molar-refractivity contribution in [3.05, 3.63) is 33.8 Å². The van der Waals surface area contributed by atoms with Crippen molar-refractivity contribution in [1.29, 1.82) is 0 Å². The summed E-state index contributed by atoms with van der Waals surface area (Å²) in [6.45, 7) is 0. The summed E-state index contributed by atoms with van der Waals surface area (Å²) in [5.41, 5.74) is 0.371. The van der Waals surface area contributed by atoms with Crippen molar-refractivity contribution in [2.75, 3.05) is 0 Å². The molecule has 1 aliphatic rings. The topological polar surface area (TPSA) is 49.3 Å². The Morgan fingerprint density at radius 1 is 1.38 bits per heavy atom. The summed E-state index contributed by atoms with van der Waals surface area (Å²) in [5, 5.41) is 12.7. The summed E-state index contributed by atoms with van der Waals surface area (Å²) in [6, 6.07) is 4.80. The highest BCUT2D eigenvalue weighted by Gasteiger charge is 2.29. The lowest BCUT2D eigenvalue weighted by Gasteiger charge is -2.32. The molecule has 86 valence electrons. The van der Waals surface area contributed by atoms with Crippen LogP contribution in [0, 0.1) is 0 Å². The average molecular weight is 260 g/mol. The maximum Gasteiger partial charge on any atom is 0.253 e. The van der Waals surface area contributed by atoms with Gasteiger partial charge in [0.15, 0.2) is 0 Å². The van der Waals surface area contributed by atoms with Gasteiger partial charge in [-0.25, -0.2) is 0 Å². The first kappa shape index (κ1) is 11.7. The first-order valence-electron chi connectivity index (χ1n) is 5.00. The summed E-state index contributed by atoms with van der Waals surface area (Å²) in [4.78, 5) is 11.8. The second-order valence-electron chi connectivity index (χ2n) is 3.92. The molecule has 0 bridgehead atoms. The van der Waals surface area contributed by atoms with Gasteiger partial charge in [0.05, 0.1) is 16.7 Å². The van der Waals surface area contributed by atoms with Gasteiger partial charge in [-0.1, -0.05) is 23.2 Å². The first-order chi connectivity index (χ1) is 7.56. The molecule has 0 aliphatic heterocycles. The summed E-state index contributed by atoms with van der Waals surface area (Å²) in [6.07, 6.45) is 0.911. The summed E-state index contributed by atoms with van der Waals surface area (Å²) in [5.74, 6) is -0.246. The molecule has 16 heavy (non-hydrogen) atoms. The highest BCUT2D eigenvalue weighted by atomic mass is 35.5. The van der Waals surface area contributed by atoms with Gasteiger partial charge in [0.2, 0.25) is 0 Å². The minimum absolute atomic E-state index is 0.0394. The third-order valence-electron chi connectivity index (χ3n) is 2.62. The molecule has 0 unspecified atom stereocenters. The van der Waals surface area contributed by atoms with Crippen molar-refractivity contribution in [3.63, 3.8) is 0 Å². The van der Waals surface area contributed by atoms with Gasteiger partial charge in [-0.05, 0) is 31.0 Å². The molecule has 1 amide bonds. The van der Waals surface area contributed by atoms with Crippen LogP contribution in [0.2, 0.25) is 10.0 Å². The van der Waals surface area contributed by atoms with E-state index in [2.05, 4.69) is 5.32 Å². The summed E-state index contributed by atoms with van der Waals surface area (Å²) < 4.78 is 0. The molecule has 0 spiro atoms. The van der Waals surface area contributed by atoms with E-state index < -0.39 is 0 Å². The molecule has 0 heterocycles. The van der Waals surface area contributed by atoms with Crippen LogP contribution in [-0.4, -0.2) is 23.2 Å². The number of aliphatic hydroxyl groups is 1. The zero-order valence-corrected chi connectivity index (χ0v) is 9.92. The Bertz CT molecular complexity index is 416. The van der Waals surface area contributed by atoms with Crippen LogP contribution in [0.3, 0.4) is 0 Å². The van der Waals surface area contributed by atoms with Crippen LogP contribution in [0.4, 0.5) is 0 Å². The number of amides is 1. The van der Waals surface area contributed by atoms with Gasteiger partial charge in [-0.15, -0.1) is 0 Å². The average Bonchev–Trinajstić information content (AvgIpc) is 2.19. The molecular weight excluding hydrogens is 249 g/mol. The quantitative estimate of drug-likeness (QED) is 0.856. The lowest BCUT2D eigenvalue weighted by molar-refractivity contribution is 0.0563. The van der Waals surface area contributed by atoms with Crippen molar-refractivity contribution in [2.24, 2.45) is 0 Å². The van der Waals surface area contributed by atoms with E-state index in [9.17, 15) is 4.79 Å². The SMILES string of the molecule is O=C(NC1CC(O)C1)c1cc(Cl)ccc1Cl. The first-order valence-corrected chi connectivity index (χ1v) is 5.76. The number of rotatable bonds is 2. The van der Waals surface area contributed by atoms with Gasteiger partial charge in [0.25, 0.3) is 5.91 Å². The smallest absolute Gasteiger partial charge is 0.253 e. The number of carbonyl (C=O) groups excluding carboxylic acids is 1. The molecule has 3 nitrogen and oxygen atoms in total. The number of hydrogen-bond donors (Lipinski definition) is 2. The largest absolute Gasteiger partial charge is 0.393 e. The van der Waals surface area contributed by atoms with Crippen molar-refractivity contribution < 1.29 is 9.90 Å². The molecule has 1 saturated carbocycles. The fourth-order valence-corrected chi connectivity index (χ4v) is 2.02. The number of hydrogen-bond acceptors (Lipinski definition) is 2. The van der Waals surface area contributed by atoms with Crippen LogP contribution in [0.25, 0.3) is 0 Å². The van der Waals surface area contributed by atoms with E-state index in [1.807, 2.05) is 0 Å². The minimum atomic E-state index is -0.292. The third kappa shape index (κ3) is 2.48. The highest BCUT2D eigenvalue weighted by molar-refractivity contribution is 6.35. The van der Waals surface area contributed by atoms with Crippen molar-refractivity contribution in [2.45, 2.75) is 25.0 Å². The molecule has 0 radical (unpaired) electrons. The van der Waals surface area contributed by atoms with Crippen molar-refractivity contribution in [1.82, 2.24) is 5.32 Å². The fourth-order valence-electron chi connectivity index (χ4n) is 1.64. The Morgan fingerprint density at radius 3 is 2.69 bits per heavy atom. The van der Waals surface area contributed by atoms with E-state index in [0.717, 1.165) is 0 Å². The monoisotopic (exact) mass is 259 g/mol. The van der Waals surface area contributed by atoms with Gasteiger partial charge in [0, 0.05) is 11.1 Å². The molecule has 1 aliphatic carbocycles. The van der Waals surface area contributed by atoms with E-state index in [-0.39, 0.29) is 18.1 Å². The summed E-state index contributed by atoms with van der Waals surface area (Å²) >= 11 is 11.7. The van der Waals surface area contributed by atoms with E-state index in [1.54, 1.807) is 12.1 Å². The normalized spacial score (nSPS) is 23.7. The lowest BCUT2D eigenvalue weighted by atomic mass is 9.89. The zero-order valence-electron chi connectivity index (χ0n) is 8.41. The molecule has 2 N–H and O–H groups in total. The van der Waals surface area contributed by atoms with E-state index in [4.69, 9.17) is 28.3 Å². The van der Waals surface area contributed by atoms with Crippen LogP contribution in [0.5, 0.6) is 0 Å². The van der Waals surface area contributed by atoms with Crippen LogP contribution in [0.15, 0.2) is 18.2 Å². The molecule has 5 heteroatoms. The third-order valence-corrected chi connectivity index (χ3v) is 3.19.